The highest BCUT2D eigenvalue weighted by molar-refractivity contribution is 5.93. The zero-order chi connectivity index (χ0) is 39.9. The van der Waals surface area contributed by atoms with Gasteiger partial charge in [0, 0.05) is 57.9 Å². The minimum atomic E-state index is -0.113. The number of pyridine rings is 2. The van der Waals surface area contributed by atoms with Crippen molar-refractivity contribution in [3.63, 3.8) is 0 Å². The van der Waals surface area contributed by atoms with Crippen molar-refractivity contribution in [3.05, 3.63) is 193 Å². The molecule has 284 valence electrons. The molecule has 2 aromatic heterocycles. The van der Waals surface area contributed by atoms with Gasteiger partial charge >= 0.3 is 0 Å². The first-order chi connectivity index (χ1) is 28.9. The van der Waals surface area contributed by atoms with Crippen molar-refractivity contribution in [2.45, 2.75) is 57.8 Å². The first kappa shape index (κ1) is 35.5. The van der Waals surface area contributed by atoms with E-state index in [2.05, 4.69) is 173 Å². The maximum Gasteiger partial charge on any atom is 0.0346 e. The van der Waals surface area contributed by atoms with Crippen LogP contribution in [0.15, 0.2) is 170 Å². The fraction of sp³-hybridized carbons (Fsp3) is 0.158. The van der Waals surface area contributed by atoms with Gasteiger partial charge in [-0.25, -0.2) is 0 Å². The molecule has 7 aromatic carbocycles. The molecule has 1 unspecified atom stereocenters. The molecule has 0 saturated carbocycles. The van der Waals surface area contributed by atoms with Crippen molar-refractivity contribution in [1.82, 2.24) is 9.97 Å². The van der Waals surface area contributed by atoms with Crippen molar-refractivity contribution in [2.75, 3.05) is 0 Å². The molecule has 2 aliphatic rings. The van der Waals surface area contributed by atoms with E-state index in [1.165, 1.54) is 88.3 Å². The molecule has 1 atom stereocenters. The van der Waals surface area contributed by atoms with Gasteiger partial charge in [-0.2, -0.15) is 0 Å². The second-order valence-electron chi connectivity index (χ2n) is 17.0. The average Bonchev–Trinajstić information content (AvgIpc) is 3.72. The van der Waals surface area contributed by atoms with E-state index in [0.29, 0.717) is 0 Å². The lowest BCUT2D eigenvalue weighted by molar-refractivity contribution is 0.490. The van der Waals surface area contributed by atoms with Gasteiger partial charge < -0.3 is 0 Å². The van der Waals surface area contributed by atoms with E-state index >= 15 is 0 Å². The summed E-state index contributed by atoms with van der Waals surface area (Å²) in [5.74, 6) is 0. The third-order valence-electron chi connectivity index (χ3n) is 14.2. The summed E-state index contributed by atoms with van der Waals surface area (Å²) in [4.78, 5) is 9.52. The van der Waals surface area contributed by atoms with Gasteiger partial charge in [0.1, 0.15) is 0 Å². The topological polar surface area (TPSA) is 25.8 Å². The maximum atomic E-state index is 4.77. The Morgan fingerprint density at radius 1 is 0.339 bits per heavy atom. The van der Waals surface area contributed by atoms with Crippen molar-refractivity contribution < 1.29 is 0 Å². The molecular formula is C57H46N2. The van der Waals surface area contributed by atoms with Gasteiger partial charge in [0.2, 0.25) is 0 Å². The van der Waals surface area contributed by atoms with Crippen LogP contribution in [0.3, 0.4) is 0 Å². The fourth-order valence-electron chi connectivity index (χ4n) is 10.6. The number of benzene rings is 7. The molecule has 11 rings (SSSR count). The van der Waals surface area contributed by atoms with Crippen molar-refractivity contribution in [1.29, 1.82) is 0 Å². The quantitative estimate of drug-likeness (QED) is 0.162. The zero-order valence-corrected chi connectivity index (χ0v) is 34.2. The third-order valence-corrected chi connectivity index (χ3v) is 14.2. The molecule has 9 aromatic rings. The lowest BCUT2D eigenvalue weighted by Gasteiger charge is -2.31. The number of hydrogen-bond donors (Lipinski definition) is 0. The van der Waals surface area contributed by atoms with Crippen LogP contribution in [0.1, 0.15) is 69.2 Å². The largest absolute Gasteiger partial charge is 0.263 e. The predicted octanol–water partition coefficient (Wildman–Crippen LogP) is 15.2. The Kier molecular flexibility index (Phi) is 8.10. The molecule has 0 aliphatic heterocycles. The van der Waals surface area contributed by atoms with Gasteiger partial charge in [0.05, 0.1) is 0 Å². The van der Waals surface area contributed by atoms with E-state index in [-0.39, 0.29) is 10.8 Å². The summed E-state index contributed by atoms with van der Waals surface area (Å²) < 4.78 is 0. The van der Waals surface area contributed by atoms with Gasteiger partial charge in [0.15, 0.2) is 0 Å². The molecule has 0 N–H and O–H groups in total. The molecule has 0 amide bonds. The molecule has 59 heavy (non-hydrogen) atoms. The fourth-order valence-corrected chi connectivity index (χ4v) is 10.6. The van der Waals surface area contributed by atoms with Crippen LogP contribution >= 0.6 is 0 Å². The van der Waals surface area contributed by atoms with E-state index in [0.717, 1.165) is 41.5 Å². The maximum absolute atomic E-state index is 4.77. The van der Waals surface area contributed by atoms with E-state index in [9.17, 15) is 0 Å². The lowest BCUT2D eigenvalue weighted by atomic mass is 9.72. The molecule has 0 radical (unpaired) electrons. The molecule has 0 fully saturated rings. The Hall–Kier alpha value is -6.64. The van der Waals surface area contributed by atoms with Crippen molar-refractivity contribution >= 4 is 21.5 Å². The Bertz CT molecular complexity index is 3150. The van der Waals surface area contributed by atoms with Crippen LogP contribution in [0.25, 0.3) is 88.3 Å². The Labute approximate surface area is 347 Å². The summed E-state index contributed by atoms with van der Waals surface area (Å²) in [6.45, 7) is 9.56. The number of aromatic nitrogens is 2. The first-order valence-corrected chi connectivity index (χ1v) is 21.3. The summed E-state index contributed by atoms with van der Waals surface area (Å²) in [6.07, 6.45) is 11.1. The number of nitrogens with zero attached hydrogens (tertiary/aromatic N) is 2. The van der Waals surface area contributed by atoms with Crippen LogP contribution in [-0.4, -0.2) is 9.97 Å². The molecule has 2 nitrogen and oxygen atoms in total. The van der Waals surface area contributed by atoms with Crippen molar-refractivity contribution in [3.8, 4) is 66.8 Å². The summed E-state index contributed by atoms with van der Waals surface area (Å²) in [5, 5.41) is 5.00. The second-order valence-corrected chi connectivity index (χ2v) is 17.0. The first-order valence-electron chi connectivity index (χ1n) is 21.3. The SMILES string of the molecule is CCC1(C)c2cc(-c3cncc(-c4ccc5ccccc5c4)c3)ccc2-c2cc3c(cc21)-c1ccc(-c2cncc(-c4ccc5ccccc5c4)c2)cc1C3(CC)CC. The monoisotopic (exact) mass is 758 g/mol. The smallest absolute Gasteiger partial charge is 0.0346 e. The Morgan fingerprint density at radius 3 is 1.24 bits per heavy atom. The number of hydrogen-bond acceptors (Lipinski definition) is 2. The normalized spacial score (nSPS) is 15.9. The van der Waals surface area contributed by atoms with Crippen LogP contribution in [0, 0.1) is 0 Å². The third kappa shape index (κ3) is 5.39. The van der Waals surface area contributed by atoms with Crippen LogP contribution in [0.4, 0.5) is 0 Å². The lowest BCUT2D eigenvalue weighted by Crippen LogP contribution is -2.23. The van der Waals surface area contributed by atoms with Crippen LogP contribution < -0.4 is 0 Å². The summed E-state index contributed by atoms with van der Waals surface area (Å²) >= 11 is 0. The number of fused-ring (bicyclic) bond motifs is 8. The van der Waals surface area contributed by atoms with Gasteiger partial charge in [-0.15, -0.1) is 0 Å². The van der Waals surface area contributed by atoms with Gasteiger partial charge in [-0.1, -0.05) is 125 Å². The molecule has 0 saturated heterocycles. The standard InChI is InChI=1S/C57H46N2/c1-5-56(4)52-28-42(46-26-44(32-58-34-46)40-18-16-36-12-8-10-14-38(36)24-40)20-22-48(52)50-31-55-51(30-53(50)56)49-23-21-43(29-54(49)57(55,6-2)7-3)47-27-45(33-59-35-47)41-19-17-37-13-9-11-15-39(37)25-41/h8-35H,5-7H2,1-4H3. The van der Waals surface area contributed by atoms with Crippen LogP contribution in [0.2, 0.25) is 0 Å². The highest BCUT2D eigenvalue weighted by atomic mass is 14.6. The highest BCUT2D eigenvalue weighted by Crippen LogP contribution is 2.59. The molecule has 2 aliphatic carbocycles. The Morgan fingerprint density at radius 2 is 0.729 bits per heavy atom. The summed E-state index contributed by atoms with van der Waals surface area (Å²) in [6, 6.07) is 54.6. The van der Waals surface area contributed by atoms with Gasteiger partial charge in [-0.05, 0) is 156 Å². The molecular weight excluding hydrogens is 713 g/mol. The van der Waals surface area contributed by atoms with E-state index in [1.54, 1.807) is 0 Å². The predicted molar refractivity (Wildman–Crippen MR) is 248 cm³/mol. The van der Waals surface area contributed by atoms with E-state index < -0.39 is 0 Å². The van der Waals surface area contributed by atoms with E-state index in [1.807, 2.05) is 24.8 Å². The Balaban J connectivity index is 0.976. The summed E-state index contributed by atoms with van der Waals surface area (Å²) in [7, 11) is 0. The van der Waals surface area contributed by atoms with E-state index in [4.69, 9.17) is 9.97 Å². The molecule has 0 spiro atoms. The summed E-state index contributed by atoms with van der Waals surface area (Å²) in [5.41, 5.74) is 20.5. The van der Waals surface area contributed by atoms with Crippen LogP contribution in [-0.2, 0) is 10.8 Å². The molecule has 0 bridgehead atoms. The highest BCUT2D eigenvalue weighted by Gasteiger charge is 2.45. The minimum absolute atomic E-state index is 0.0702. The van der Waals surface area contributed by atoms with Crippen LogP contribution in [0.5, 0.6) is 0 Å². The average molecular weight is 759 g/mol. The van der Waals surface area contributed by atoms with Gasteiger partial charge in [0.25, 0.3) is 0 Å². The minimum Gasteiger partial charge on any atom is -0.263 e. The molecule has 2 heteroatoms. The zero-order valence-electron chi connectivity index (χ0n) is 34.2. The van der Waals surface area contributed by atoms with Gasteiger partial charge in [-0.3, -0.25) is 9.97 Å². The second kappa shape index (κ2) is 13.5. The molecule has 2 heterocycles. The number of rotatable bonds is 7. The van der Waals surface area contributed by atoms with Crippen molar-refractivity contribution in [2.24, 2.45) is 0 Å².